The number of amides is 1. The zero-order valence-electron chi connectivity index (χ0n) is 14.6. The molecule has 0 saturated heterocycles. The molecule has 4 rings (SSSR count). The van der Waals surface area contributed by atoms with Crippen molar-refractivity contribution in [3.8, 4) is 0 Å². The maximum absolute atomic E-state index is 12.9. The number of carbonyl (C=O) groups is 1. The molecule has 1 aliphatic carbocycles. The van der Waals surface area contributed by atoms with Gasteiger partial charge in [0.05, 0.1) is 12.2 Å². The van der Waals surface area contributed by atoms with E-state index in [1.807, 2.05) is 13.0 Å². The van der Waals surface area contributed by atoms with E-state index in [2.05, 4.69) is 15.5 Å². The van der Waals surface area contributed by atoms with Crippen molar-refractivity contribution in [1.82, 2.24) is 19.8 Å². The van der Waals surface area contributed by atoms with Crippen LogP contribution in [0.4, 0.5) is 0 Å². The van der Waals surface area contributed by atoms with Crippen LogP contribution in [0.5, 0.6) is 0 Å². The van der Waals surface area contributed by atoms with Crippen LogP contribution in [0.25, 0.3) is 0 Å². The molecule has 1 saturated carbocycles. The van der Waals surface area contributed by atoms with E-state index < -0.39 is 10.0 Å². The quantitative estimate of drug-likeness (QED) is 0.782. The highest BCUT2D eigenvalue weighted by molar-refractivity contribution is 7.91. The highest BCUT2D eigenvalue weighted by Gasteiger charge is 2.33. The second kappa shape index (κ2) is 6.79. The molecule has 2 aliphatic rings. The lowest BCUT2D eigenvalue weighted by molar-refractivity contribution is 0.0945. The van der Waals surface area contributed by atoms with Gasteiger partial charge in [0, 0.05) is 23.5 Å². The first-order valence-corrected chi connectivity index (χ1v) is 11.2. The third kappa shape index (κ3) is 3.30. The van der Waals surface area contributed by atoms with Crippen LogP contribution in [-0.4, -0.2) is 41.9 Å². The third-order valence-electron chi connectivity index (χ3n) is 4.94. The van der Waals surface area contributed by atoms with Gasteiger partial charge < -0.3 is 5.32 Å². The smallest absolute Gasteiger partial charge is 0.272 e. The summed E-state index contributed by atoms with van der Waals surface area (Å²) in [6.07, 6.45) is 3.66. The molecule has 1 fully saturated rings. The molecular formula is C17H22N4O3S2. The summed E-state index contributed by atoms with van der Waals surface area (Å²) in [5.74, 6) is 0.435. The minimum atomic E-state index is -3.51. The molecule has 2 N–H and O–H groups in total. The van der Waals surface area contributed by atoms with Gasteiger partial charge in [-0.15, -0.1) is 11.3 Å². The first-order chi connectivity index (χ1) is 12.5. The van der Waals surface area contributed by atoms with Gasteiger partial charge in [-0.2, -0.15) is 9.40 Å². The normalized spacial score (nSPS) is 17.9. The van der Waals surface area contributed by atoms with Crippen molar-refractivity contribution in [2.75, 3.05) is 13.1 Å². The Labute approximate surface area is 156 Å². The van der Waals surface area contributed by atoms with Gasteiger partial charge in [0.25, 0.3) is 15.9 Å². The number of nitrogens with zero attached hydrogens (tertiary/aromatic N) is 2. The molecule has 7 nitrogen and oxygen atoms in total. The van der Waals surface area contributed by atoms with Crippen molar-refractivity contribution in [2.24, 2.45) is 5.92 Å². The molecule has 140 valence electrons. The van der Waals surface area contributed by atoms with Gasteiger partial charge in [0.2, 0.25) is 0 Å². The van der Waals surface area contributed by atoms with Crippen molar-refractivity contribution in [3.63, 3.8) is 0 Å². The Morgan fingerprint density at radius 1 is 1.42 bits per heavy atom. The average Bonchev–Trinajstić information content (AvgIpc) is 3.17. The van der Waals surface area contributed by atoms with Crippen molar-refractivity contribution in [3.05, 3.63) is 34.0 Å². The third-order valence-corrected chi connectivity index (χ3v) is 8.48. The maximum Gasteiger partial charge on any atom is 0.272 e. The molecule has 0 radical (unpaired) electrons. The minimum absolute atomic E-state index is 0.170. The fraction of sp³-hybridized carbons (Fsp3) is 0.529. The Bertz CT molecular complexity index is 928. The summed E-state index contributed by atoms with van der Waals surface area (Å²) in [5, 5.41) is 9.94. The number of aryl methyl sites for hydroxylation is 1. The number of aromatic nitrogens is 2. The van der Waals surface area contributed by atoms with Crippen molar-refractivity contribution < 1.29 is 13.2 Å². The van der Waals surface area contributed by atoms with Gasteiger partial charge in [-0.05, 0) is 43.7 Å². The number of rotatable bonds is 6. The minimum Gasteiger partial charge on any atom is -0.350 e. The number of hydrogen-bond acceptors (Lipinski definition) is 5. The van der Waals surface area contributed by atoms with E-state index in [4.69, 9.17) is 0 Å². The SMILES string of the molecule is CCc1ccc(S(=O)(=O)N2CCc3c(C(=O)NCC4CC4)n[nH]c3C2)s1. The maximum atomic E-state index is 12.9. The Balaban J connectivity index is 1.50. The Kier molecular flexibility index (Phi) is 4.62. The molecule has 0 atom stereocenters. The van der Waals surface area contributed by atoms with Crippen LogP contribution in [0.1, 0.15) is 46.4 Å². The van der Waals surface area contributed by atoms with Crippen LogP contribution in [0.15, 0.2) is 16.3 Å². The van der Waals surface area contributed by atoms with Gasteiger partial charge >= 0.3 is 0 Å². The Morgan fingerprint density at radius 3 is 2.92 bits per heavy atom. The first kappa shape index (κ1) is 17.7. The summed E-state index contributed by atoms with van der Waals surface area (Å²) in [7, 11) is -3.51. The van der Waals surface area contributed by atoms with Gasteiger partial charge in [-0.1, -0.05) is 6.92 Å². The van der Waals surface area contributed by atoms with E-state index in [0.717, 1.165) is 16.9 Å². The summed E-state index contributed by atoms with van der Waals surface area (Å²) < 4.78 is 27.6. The first-order valence-electron chi connectivity index (χ1n) is 8.92. The van der Waals surface area contributed by atoms with Gasteiger partial charge in [0.15, 0.2) is 5.69 Å². The molecule has 9 heteroatoms. The standard InChI is InChI=1S/C17H22N4O3S2/c1-2-12-5-6-15(25-12)26(23,24)21-8-7-13-14(10-21)19-20-16(13)17(22)18-9-11-3-4-11/h5-6,11H,2-4,7-10H2,1H3,(H,18,22)(H,19,20). The van der Waals surface area contributed by atoms with E-state index >= 15 is 0 Å². The largest absolute Gasteiger partial charge is 0.350 e. The molecule has 26 heavy (non-hydrogen) atoms. The second-order valence-corrected chi connectivity index (χ2v) is 10.2. The number of thiophene rings is 1. The summed E-state index contributed by atoms with van der Waals surface area (Å²) in [5.41, 5.74) is 1.95. The fourth-order valence-corrected chi connectivity index (χ4v) is 6.00. The van der Waals surface area contributed by atoms with Crippen LogP contribution in [0.2, 0.25) is 0 Å². The predicted octanol–water partition coefficient (Wildman–Crippen LogP) is 1.92. The number of sulfonamides is 1. The highest BCUT2D eigenvalue weighted by atomic mass is 32.2. The lowest BCUT2D eigenvalue weighted by Gasteiger charge is -2.25. The van der Waals surface area contributed by atoms with E-state index in [0.29, 0.717) is 41.0 Å². The number of fused-ring (bicyclic) bond motifs is 1. The van der Waals surface area contributed by atoms with Crippen molar-refractivity contribution >= 4 is 27.3 Å². The molecule has 1 aliphatic heterocycles. The van der Waals surface area contributed by atoms with Crippen LogP contribution >= 0.6 is 11.3 Å². The molecular weight excluding hydrogens is 372 g/mol. The number of nitrogens with one attached hydrogen (secondary N) is 2. The van der Waals surface area contributed by atoms with Crippen LogP contribution in [0.3, 0.4) is 0 Å². The molecule has 0 bridgehead atoms. The molecule has 2 aromatic heterocycles. The van der Waals surface area contributed by atoms with Gasteiger partial charge in [-0.25, -0.2) is 8.42 Å². The van der Waals surface area contributed by atoms with E-state index in [-0.39, 0.29) is 12.5 Å². The molecule has 0 aromatic carbocycles. The lowest BCUT2D eigenvalue weighted by atomic mass is 10.1. The molecule has 1 amide bonds. The van der Waals surface area contributed by atoms with Crippen LogP contribution < -0.4 is 5.32 Å². The Morgan fingerprint density at radius 2 is 2.23 bits per heavy atom. The molecule has 0 unspecified atom stereocenters. The number of H-pyrrole nitrogens is 1. The van der Waals surface area contributed by atoms with E-state index in [1.165, 1.54) is 28.5 Å². The van der Waals surface area contributed by atoms with E-state index in [1.54, 1.807) is 6.07 Å². The monoisotopic (exact) mass is 394 g/mol. The molecule has 0 spiro atoms. The van der Waals surface area contributed by atoms with E-state index in [9.17, 15) is 13.2 Å². The summed E-state index contributed by atoms with van der Waals surface area (Å²) >= 11 is 1.32. The summed E-state index contributed by atoms with van der Waals surface area (Å²) in [6.45, 7) is 3.28. The summed E-state index contributed by atoms with van der Waals surface area (Å²) in [4.78, 5) is 13.4. The van der Waals surface area contributed by atoms with Gasteiger partial charge in [-0.3, -0.25) is 9.89 Å². The van der Waals surface area contributed by atoms with Crippen molar-refractivity contribution in [2.45, 2.75) is 43.4 Å². The zero-order chi connectivity index (χ0) is 18.3. The van der Waals surface area contributed by atoms with Gasteiger partial charge in [0.1, 0.15) is 4.21 Å². The molecule has 3 heterocycles. The van der Waals surface area contributed by atoms with Crippen LogP contribution in [-0.2, 0) is 29.4 Å². The zero-order valence-corrected chi connectivity index (χ0v) is 16.3. The highest BCUT2D eigenvalue weighted by Crippen LogP contribution is 2.30. The lowest BCUT2D eigenvalue weighted by Crippen LogP contribution is -2.36. The topological polar surface area (TPSA) is 95.2 Å². The molecule has 2 aromatic rings. The summed E-state index contributed by atoms with van der Waals surface area (Å²) in [6, 6.07) is 3.55. The number of carbonyl (C=O) groups excluding carboxylic acids is 1. The number of hydrogen-bond donors (Lipinski definition) is 2. The fourth-order valence-electron chi connectivity index (χ4n) is 3.14. The van der Waals surface area contributed by atoms with Crippen molar-refractivity contribution in [1.29, 1.82) is 0 Å². The Hall–Kier alpha value is -1.71. The number of aromatic amines is 1. The average molecular weight is 395 g/mol. The van der Waals surface area contributed by atoms with Crippen LogP contribution in [0, 0.1) is 5.92 Å². The predicted molar refractivity (Wildman–Crippen MR) is 98.6 cm³/mol. The second-order valence-electron chi connectivity index (χ2n) is 6.85.